The largest absolute Gasteiger partial charge is 0.489 e. The number of nitrogens with zero attached hydrogens (tertiary/aromatic N) is 3. The number of halogens is 3. The van der Waals surface area contributed by atoms with Crippen molar-refractivity contribution in [3.8, 4) is 5.75 Å². The maximum Gasteiger partial charge on any atom is 0.391 e. The average Bonchev–Trinajstić information content (AvgIpc) is 2.68. The van der Waals surface area contributed by atoms with Crippen molar-refractivity contribution in [2.24, 2.45) is 11.3 Å². The summed E-state index contributed by atoms with van der Waals surface area (Å²) in [6.07, 6.45) is 2.23. The van der Waals surface area contributed by atoms with Gasteiger partial charge in [0.05, 0.1) is 29.8 Å². The third-order valence-corrected chi connectivity index (χ3v) is 8.90. The summed E-state index contributed by atoms with van der Waals surface area (Å²) in [5.74, 6) is 0.126. The van der Waals surface area contributed by atoms with Gasteiger partial charge in [-0.2, -0.15) is 13.2 Å². The molecule has 1 aromatic heterocycles. The van der Waals surface area contributed by atoms with Gasteiger partial charge in [0.1, 0.15) is 12.4 Å². The fraction of sp³-hybridized carbons (Fsp3) is 0.800. The molecule has 3 heterocycles. The van der Waals surface area contributed by atoms with E-state index in [1.54, 1.807) is 12.4 Å². The molecule has 1 spiro atoms. The lowest BCUT2D eigenvalue weighted by atomic mass is 9.80. The van der Waals surface area contributed by atoms with Crippen LogP contribution in [0.4, 0.5) is 13.2 Å². The van der Waals surface area contributed by atoms with E-state index in [0.29, 0.717) is 42.5 Å². The Balaban J connectivity index is 1.20. The van der Waals surface area contributed by atoms with Crippen molar-refractivity contribution in [1.29, 1.82) is 0 Å². The zero-order chi connectivity index (χ0) is 21.4. The van der Waals surface area contributed by atoms with Gasteiger partial charge in [0, 0.05) is 17.9 Å². The molecule has 0 N–H and O–H groups in total. The van der Waals surface area contributed by atoms with Crippen LogP contribution in [0.2, 0.25) is 0 Å². The lowest BCUT2D eigenvalue weighted by Crippen LogP contribution is -2.54. The summed E-state index contributed by atoms with van der Waals surface area (Å²) in [7, 11) is -2.80. The second-order valence-electron chi connectivity index (χ2n) is 9.10. The van der Waals surface area contributed by atoms with Crippen molar-refractivity contribution in [1.82, 2.24) is 14.9 Å². The lowest BCUT2D eigenvalue weighted by Gasteiger charge is -2.47. The van der Waals surface area contributed by atoms with Crippen molar-refractivity contribution in [2.75, 3.05) is 37.7 Å². The molecule has 6 nitrogen and oxygen atoms in total. The highest BCUT2D eigenvalue weighted by atomic mass is 32.2. The maximum absolute atomic E-state index is 13.0. The van der Waals surface area contributed by atoms with Gasteiger partial charge in [0.2, 0.25) is 0 Å². The summed E-state index contributed by atoms with van der Waals surface area (Å²) in [4.78, 5) is 10.8. The molecule has 0 unspecified atom stereocenters. The van der Waals surface area contributed by atoms with E-state index in [-0.39, 0.29) is 24.2 Å². The zero-order valence-electron chi connectivity index (χ0n) is 16.9. The van der Waals surface area contributed by atoms with Crippen molar-refractivity contribution >= 4 is 9.84 Å². The minimum Gasteiger partial charge on any atom is -0.489 e. The first-order valence-electron chi connectivity index (χ1n) is 10.6. The molecule has 1 aliphatic carbocycles. The number of hydrogen-bond donors (Lipinski definition) is 0. The van der Waals surface area contributed by atoms with Crippen molar-refractivity contribution in [3.05, 3.63) is 18.2 Å². The number of ether oxygens (including phenoxy) is 1. The number of hydrogen-bond acceptors (Lipinski definition) is 6. The summed E-state index contributed by atoms with van der Waals surface area (Å²) in [6, 6.07) is 0. The summed E-state index contributed by atoms with van der Waals surface area (Å²) in [5, 5.41) is 0. The van der Waals surface area contributed by atoms with Gasteiger partial charge in [-0.25, -0.2) is 18.4 Å². The fourth-order valence-corrected chi connectivity index (χ4v) is 7.41. The number of aromatic nitrogens is 2. The average molecular weight is 448 g/mol. The summed E-state index contributed by atoms with van der Waals surface area (Å²) in [5.41, 5.74) is 0.00407. The van der Waals surface area contributed by atoms with Gasteiger partial charge in [0.25, 0.3) is 0 Å². The molecule has 0 aromatic carbocycles. The maximum atomic E-state index is 13.0. The van der Waals surface area contributed by atoms with Crippen LogP contribution in [0.1, 0.15) is 50.3 Å². The monoisotopic (exact) mass is 447 g/mol. The molecule has 0 radical (unpaired) electrons. The number of alkyl halides is 3. The summed E-state index contributed by atoms with van der Waals surface area (Å²) in [6.45, 7) is 2.95. The highest BCUT2D eigenvalue weighted by molar-refractivity contribution is 7.92. The van der Waals surface area contributed by atoms with Gasteiger partial charge in [-0.3, -0.25) is 4.90 Å². The number of sulfone groups is 1. The van der Waals surface area contributed by atoms with E-state index in [9.17, 15) is 21.6 Å². The van der Waals surface area contributed by atoms with Crippen LogP contribution in [0, 0.1) is 11.3 Å². The predicted octanol–water partition coefficient (Wildman–Crippen LogP) is 3.20. The molecule has 10 heteroatoms. The first kappa shape index (κ1) is 21.8. The third-order valence-electron chi connectivity index (χ3n) is 6.80. The van der Waals surface area contributed by atoms with Crippen LogP contribution < -0.4 is 4.74 Å². The fourth-order valence-electron chi connectivity index (χ4n) is 5.06. The van der Waals surface area contributed by atoms with Gasteiger partial charge >= 0.3 is 6.18 Å². The molecule has 4 rings (SSSR count). The minimum atomic E-state index is -4.15. The van der Waals surface area contributed by atoms with Gasteiger partial charge in [-0.1, -0.05) is 6.42 Å². The molecule has 2 saturated heterocycles. The smallest absolute Gasteiger partial charge is 0.391 e. The molecular weight excluding hydrogens is 419 g/mol. The molecule has 3 aliphatic rings. The van der Waals surface area contributed by atoms with Gasteiger partial charge in [0.15, 0.2) is 15.6 Å². The molecular formula is C20H28F3N3O3S. The van der Waals surface area contributed by atoms with Crippen molar-refractivity contribution in [3.63, 3.8) is 0 Å². The number of likely N-dealkylation sites (tertiary alicyclic amines) is 1. The number of rotatable bonds is 5. The number of piperidine rings is 1. The summed E-state index contributed by atoms with van der Waals surface area (Å²) >= 11 is 0. The van der Waals surface area contributed by atoms with Crippen LogP contribution >= 0.6 is 0 Å². The molecule has 1 aromatic rings. The SMILES string of the molecule is O=S1(=O)CC2(CCN(CCOc3cnc([C@H]4CCC[C@@H](C(F)(F)F)C4)nc3)CC2)C1. The Hall–Kier alpha value is -1.42. The van der Waals surface area contributed by atoms with Crippen molar-refractivity contribution in [2.45, 2.75) is 50.6 Å². The molecule has 3 fully saturated rings. The molecule has 168 valence electrons. The Labute approximate surface area is 175 Å². The highest BCUT2D eigenvalue weighted by Crippen LogP contribution is 2.43. The Morgan fingerprint density at radius 2 is 1.80 bits per heavy atom. The van der Waals surface area contributed by atoms with Gasteiger partial charge in [-0.15, -0.1) is 0 Å². The Morgan fingerprint density at radius 1 is 1.13 bits per heavy atom. The summed E-state index contributed by atoms with van der Waals surface area (Å²) < 4.78 is 67.6. The van der Waals surface area contributed by atoms with Gasteiger partial charge < -0.3 is 4.74 Å². The Morgan fingerprint density at radius 3 is 2.40 bits per heavy atom. The van der Waals surface area contributed by atoms with E-state index in [1.165, 1.54) is 0 Å². The molecule has 1 saturated carbocycles. The van der Waals surface area contributed by atoms with E-state index in [4.69, 9.17) is 4.74 Å². The van der Waals surface area contributed by atoms with Crippen LogP contribution in [-0.4, -0.2) is 67.2 Å². The quantitative estimate of drug-likeness (QED) is 0.690. The first-order chi connectivity index (χ1) is 14.1. The van der Waals surface area contributed by atoms with E-state index >= 15 is 0 Å². The van der Waals surface area contributed by atoms with E-state index in [2.05, 4.69) is 14.9 Å². The molecule has 2 atom stereocenters. The normalized spacial score (nSPS) is 28.8. The molecule has 2 aliphatic heterocycles. The van der Waals surface area contributed by atoms with Gasteiger partial charge in [-0.05, 0) is 45.2 Å². The van der Waals surface area contributed by atoms with Crippen LogP contribution in [0.5, 0.6) is 5.75 Å². The van der Waals surface area contributed by atoms with Crippen LogP contribution in [-0.2, 0) is 9.84 Å². The minimum absolute atomic E-state index is 0.00407. The topological polar surface area (TPSA) is 72.4 Å². The zero-order valence-corrected chi connectivity index (χ0v) is 17.7. The van der Waals surface area contributed by atoms with Crippen LogP contribution in [0.3, 0.4) is 0 Å². The lowest BCUT2D eigenvalue weighted by molar-refractivity contribution is -0.183. The molecule has 0 bridgehead atoms. The second-order valence-corrected chi connectivity index (χ2v) is 11.2. The Kier molecular flexibility index (Phi) is 6.00. The molecule has 30 heavy (non-hydrogen) atoms. The first-order valence-corrected chi connectivity index (χ1v) is 12.4. The standard InChI is InChI=1S/C20H28F3N3O3S/c21-20(22,23)16-3-1-2-15(10-16)18-24-11-17(12-25-18)29-9-8-26-6-4-19(5-7-26)13-30(27,28)14-19/h11-12,15-16H,1-10,13-14H2/t15-,16+/m0/s1. The Bertz CT molecular complexity index is 823. The van der Waals surface area contributed by atoms with Crippen LogP contribution in [0.15, 0.2) is 12.4 Å². The van der Waals surface area contributed by atoms with Crippen molar-refractivity contribution < 1.29 is 26.3 Å². The second kappa shape index (κ2) is 8.26. The third kappa shape index (κ3) is 5.07. The predicted molar refractivity (Wildman–Crippen MR) is 105 cm³/mol. The molecule has 0 amide bonds. The van der Waals surface area contributed by atoms with E-state index in [1.807, 2.05) is 0 Å². The highest BCUT2D eigenvalue weighted by Gasteiger charge is 2.49. The van der Waals surface area contributed by atoms with E-state index in [0.717, 1.165) is 32.5 Å². The van der Waals surface area contributed by atoms with Crippen LogP contribution in [0.25, 0.3) is 0 Å². The van der Waals surface area contributed by atoms with E-state index < -0.39 is 21.9 Å².